The molecule has 1 aliphatic carbocycles. The Hall–Kier alpha value is -6.06. The van der Waals surface area contributed by atoms with Gasteiger partial charge in [-0.25, -0.2) is 0 Å². The van der Waals surface area contributed by atoms with Crippen LogP contribution in [0.3, 0.4) is 0 Å². The largest absolute Gasteiger partial charge is 0.345 e. The van der Waals surface area contributed by atoms with E-state index < -0.39 is 6.17 Å². The summed E-state index contributed by atoms with van der Waals surface area (Å²) in [4.78, 5) is 5.27. The van der Waals surface area contributed by atoms with Gasteiger partial charge in [0.1, 0.15) is 12.0 Å². The van der Waals surface area contributed by atoms with E-state index in [4.69, 9.17) is 4.99 Å². The van der Waals surface area contributed by atoms with E-state index in [-0.39, 0.29) is 0 Å². The SMILES string of the molecule is C/C(=N\C(NC(=N)c1ccc(-c2cccc3ccccc23)cc1)c1cccc(-c2ccccc2)c1)c1ccc2cc(C3=CCCCC3)ccc2c1. The van der Waals surface area contributed by atoms with Crippen LogP contribution >= 0.6 is 0 Å². The Balaban J connectivity index is 1.11. The maximum absolute atomic E-state index is 9.21. The van der Waals surface area contributed by atoms with E-state index in [1.807, 2.05) is 18.2 Å². The number of amidine groups is 1. The minimum atomic E-state index is -0.463. The van der Waals surface area contributed by atoms with Gasteiger partial charge in [-0.05, 0) is 117 Å². The molecule has 0 aliphatic heterocycles. The molecule has 248 valence electrons. The molecular formula is C48H41N3. The second-order valence-electron chi connectivity index (χ2n) is 13.5. The van der Waals surface area contributed by atoms with Crippen LogP contribution in [0.4, 0.5) is 0 Å². The summed E-state index contributed by atoms with van der Waals surface area (Å²) in [5.74, 6) is 0.328. The fraction of sp³-hybridized carbons (Fsp3) is 0.125. The summed E-state index contributed by atoms with van der Waals surface area (Å²) >= 11 is 0. The summed E-state index contributed by atoms with van der Waals surface area (Å²) in [6.07, 6.45) is 6.86. The predicted molar refractivity (Wildman–Crippen MR) is 217 cm³/mol. The highest BCUT2D eigenvalue weighted by Gasteiger charge is 2.16. The van der Waals surface area contributed by atoms with E-state index >= 15 is 0 Å². The molecule has 51 heavy (non-hydrogen) atoms. The van der Waals surface area contributed by atoms with Gasteiger partial charge in [0, 0.05) is 11.3 Å². The van der Waals surface area contributed by atoms with Crippen molar-refractivity contribution in [2.24, 2.45) is 4.99 Å². The van der Waals surface area contributed by atoms with Crippen molar-refractivity contribution >= 4 is 38.7 Å². The van der Waals surface area contributed by atoms with Gasteiger partial charge in [-0.3, -0.25) is 10.4 Å². The number of hydrogen-bond acceptors (Lipinski definition) is 2. The van der Waals surface area contributed by atoms with E-state index in [1.54, 1.807) is 0 Å². The lowest BCUT2D eigenvalue weighted by molar-refractivity contribution is 0.682. The van der Waals surface area contributed by atoms with E-state index in [2.05, 4.69) is 158 Å². The second-order valence-corrected chi connectivity index (χ2v) is 13.5. The molecule has 7 aromatic carbocycles. The molecule has 0 radical (unpaired) electrons. The number of nitrogens with one attached hydrogen (secondary N) is 2. The maximum Gasteiger partial charge on any atom is 0.146 e. The van der Waals surface area contributed by atoms with Gasteiger partial charge in [-0.2, -0.15) is 0 Å². The molecule has 0 saturated carbocycles. The lowest BCUT2D eigenvalue weighted by Gasteiger charge is -2.20. The minimum absolute atomic E-state index is 0.328. The third kappa shape index (κ3) is 7.02. The highest BCUT2D eigenvalue weighted by atomic mass is 15.1. The van der Waals surface area contributed by atoms with Gasteiger partial charge in [0.05, 0.1) is 0 Å². The first kappa shape index (κ1) is 32.2. The van der Waals surface area contributed by atoms with Gasteiger partial charge >= 0.3 is 0 Å². The molecule has 0 aromatic heterocycles. The Bertz CT molecular complexity index is 2410. The Morgan fingerprint density at radius 3 is 2.14 bits per heavy atom. The van der Waals surface area contributed by atoms with Crippen molar-refractivity contribution < 1.29 is 0 Å². The van der Waals surface area contributed by atoms with Gasteiger partial charge < -0.3 is 5.32 Å². The Morgan fingerprint density at radius 1 is 0.588 bits per heavy atom. The van der Waals surface area contributed by atoms with Gasteiger partial charge in [0.25, 0.3) is 0 Å². The van der Waals surface area contributed by atoms with Crippen LogP contribution in [0, 0.1) is 5.41 Å². The molecule has 2 N–H and O–H groups in total. The van der Waals surface area contributed by atoms with Crippen LogP contribution in [-0.4, -0.2) is 11.5 Å². The molecule has 3 nitrogen and oxygen atoms in total. The van der Waals surface area contributed by atoms with Crippen LogP contribution < -0.4 is 5.32 Å². The average Bonchev–Trinajstić information content (AvgIpc) is 3.20. The maximum atomic E-state index is 9.21. The fourth-order valence-electron chi connectivity index (χ4n) is 7.26. The molecule has 0 saturated heterocycles. The molecule has 0 fully saturated rings. The van der Waals surface area contributed by atoms with Crippen LogP contribution in [0.5, 0.6) is 0 Å². The zero-order valence-electron chi connectivity index (χ0n) is 28.9. The zero-order chi connectivity index (χ0) is 34.6. The van der Waals surface area contributed by atoms with Crippen molar-refractivity contribution in [3.8, 4) is 22.3 Å². The standard InChI is InChI=1S/C48H41N3/c1-33(39-26-27-43-31-41(28-29-42(43)30-39)35-14-6-3-7-15-35)50-48(44-19-10-18-40(32-44)34-12-4-2-5-13-34)51-47(49)38-24-22-37(23-25-38)46-21-11-17-36-16-8-9-20-45(36)46/h2,4-5,8-14,16-32,48H,3,6-7,15H2,1H3,(H2,49,51)/b50-33+. The Kier molecular flexibility index (Phi) is 9.10. The smallest absolute Gasteiger partial charge is 0.146 e. The summed E-state index contributed by atoms with van der Waals surface area (Å²) in [7, 11) is 0. The van der Waals surface area contributed by atoms with Crippen LogP contribution in [0.15, 0.2) is 169 Å². The summed E-state index contributed by atoms with van der Waals surface area (Å²) in [5, 5.41) is 17.6. The molecule has 8 rings (SSSR count). The van der Waals surface area contributed by atoms with E-state index in [0.717, 1.165) is 39.1 Å². The molecule has 0 bridgehead atoms. The number of rotatable bonds is 8. The molecular weight excluding hydrogens is 619 g/mol. The lowest BCUT2D eigenvalue weighted by Crippen LogP contribution is -2.28. The van der Waals surface area contributed by atoms with Crippen molar-refractivity contribution in [3.05, 3.63) is 186 Å². The van der Waals surface area contributed by atoms with Crippen LogP contribution in [0.2, 0.25) is 0 Å². The number of hydrogen-bond donors (Lipinski definition) is 2. The van der Waals surface area contributed by atoms with E-state index in [0.29, 0.717) is 5.84 Å². The van der Waals surface area contributed by atoms with Crippen molar-refractivity contribution in [2.45, 2.75) is 38.8 Å². The number of benzene rings is 7. The summed E-state index contributed by atoms with van der Waals surface area (Å²) in [6, 6.07) is 55.5. The fourth-order valence-corrected chi connectivity index (χ4v) is 7.26. The van der Waals surface area contributed by atoms with Crippen LogP contribution in [0.1, 0.15) is 61.0 Å². The normalized spacial score (nSPS) is 13.9. The number of aliphatic imine (C=N–C) groups is 1. The first-order valence-corrected chi connectivity index (χ1v) is 18.0. The summed E-state index contributed by atoms with van der Waals surface area (Å²) in [5.41, 5.74) is 11.2. The third-order valence-electron chi connectivity index (χ3n) is 10.1. The second kappa shape index (κ2) is 14.4. The first-order chi connectivity index (χ1) is 25.1. The highest BCUT2D eigenvalue weighted by molar-refractivity contribution is 6.03. The van der Waals surface area contributed by atoms with Gasteiger partial charge in [-0.15, -0.1) is 0 Å². The average molecular weight is 660 g/mol. The van der Waals surface area contributed by atoms with Crippen molar-refractivity contribution in [1.82, 2.24) is 5.32 Å². The number of allylic oxidation sites excluding steroid dienone is 2. The third-order valence-corrected chi connectivity index (χ3v) is 10.1. The van der Waals surface area contributed by atoms with Gasteiger partial charge in [0.15, 0.2) is 0 Å². The highest BCUT2D eigenvalue weighted by Crippen LogP contribution is 2.31. The zero-order valence-corrected chi connectivity index (χ0v) is 28.9. The molecule has 3 heteroatoms. The summed E-state index contributed by atoms with van der Waals surface area (Å²) in [6.45, 7) is 2.07. The van der Waals surface area contributed by atoms with Crippen molar-refractivity contribution in [2.75, 3.05) is 0 Å². The van der Waals surface area contributed by atoms with Crippen molar-refractivity contribution in [1.29, 1.82) is 5.41 Å². The topological polar surface area (TPSA) is 48.2 Å². The lowest BCUT2D eigenvalue weighted by atomic mass is 9.92. The number of fused-ring (bicyclic) bond motifs is 2. The minimum Gasteiger partial charge on any atom is -0.345 e. The monoisotopic (exact) mass is 659 g/mol. The quantitative estimate of drug-likeness (QED) is 0.124. The van der Waals surface area contributed by atoms with Crippen LogP contribution in [0.25, 0.3) is 49.4 Å². The Labute approximate surface area is 300 Å². The van der Waals surface area contributed by atoms with E-state index in [9.17, 15) is 5.41 Å². The van der Waals surface area contributed by atoms with E-state index in [1.165, 1.54) is 63.9 Å². The molecule has 0 spiro atoms. The predicted octanol–water partition coefficient (Wildman–Crippen LogP) is 12.4. The summed E-state index contributed by atoms with van der Waals surface area (Å²) < 4.78 is 0. The first-order valence-electron chi connectivity index (χ1n) is 18.0. The Morgan fingerprint density at radius 2 is 1.29 bits per heavy atom. The molecule has 7 aromatic rings. The molecule has 1 unspecified atom stereocenters. The van der Waals surface area contributed by atoms with Gasteiger partial charge in [-0.1, -0.05) is 146 Å². The van der Waals surface area contributed by atoms with Crippen molar-refractivity contribution in [3.63, 3.8) is 0 Å². The van der Waals surface area contributed by atoms with Gasteiger partial charge in [0.2, 0.25) is 0 Å². The molecule has 0 amide bonds. The molecule has 0 heterocycles. The molecule has 1 atom stereocenters. The molecule has 1 aliphatic rings. The van der Waals surface area contributed by atoms with Crippen LogP contribution in [-0.2, 0) is 0 Å². The number of nitrogens with zero attached hydrogens (tertiary/aromatic N) is 1.